The van der Waals surface area contributed by atoms with Gasteiger partial charge in [-0.15, -0.1) is 0 Å². The highest BCUT2D eigenvalue weighted by Crippen LogP contribution is 2.22. The molecule has 1 N–H and O–H groups in total. The number of anilines is 1. The van der Waals surface area contributed by atoms with Crippen molar-refractivity contribution in [1.82, 2.24) is 14.6 Å². The predicted molar refractivity (Wildman–Crippen MR) is 86.1 cm³/mol. The Labute approximate surface area is 129 Å². The van der Waals surface area contributed by atoms with E-state index in [-0.39, 0.29) is 11.3 Å². The first kappa shape index (κ1) is 14.3. The van der Waals surface area contributed by atoms with Gasteiger partial charge >= 0.3 is 0 Å². The van der Waals surface area contributed by atoms with Gasteiger partial charge in [-0.2, -0.15) is 5.10 Å². The number of nitrogens with zero attached hydrogens (tertiary/aromatic N) is 3. The van der Waals surface area contributed by atoms with Gasteiger partial charge in [0.15, 0.2) is 11.5 Å². The van der Waals surface area contributed by atoms with Crippen LogP contribution in [0.4, 0.5) is 5.82 Å². The molecular formula is C17H18N4O. The maximum Gasteiger partial charge on any atom is 0.256 e. The summed E-state index contributed by atoms with van der Waals surface area (Å²) in [7, 11) is 0. The van der Waals surface area contributed by atoms with Gasteiger partial charge < -0.3 is 5.32 Å². The Bertz CT molecular complexity index is 780. The monoisotopic (exact) mass is 294 g/mol. The summed E-state index contributed by atoms with van der Waals surface area (Å²) in [5, 5.41) is 6.92. The summed E-state index contributed by atoms with van der Waals surface area (Å²) in [5.41, 5.74) is 2.57. The topological polar surface area (TPSA) is 59.3 Å². The van der Waals surface area contributed by atoms with E-state index in [1.807, 2.05) is 30.3 Å². The van der Waals surface area contributed by atoms with Gasteiger partial charge in [-0.1, -0.05) is 32.9 Å². The Kier molecular flexibility index (Phi) is 3.41. The molecule has 1 amide bonds. The van der Waals surface area contributed by atoms with Crippen LogP contribution in [0.3, 0.4) is 0 Å². The van der Waals surface area contributed by atoms with Crippen molar-refractivity contribution < 1.29 is 4.79 Å². The lowest BCUT2D eigenvalue weighted by molar-refractivity contribution is 0.102. The molecule has 0 aliphatic rings. The first-order valence-corrected chi connectivity index (χ1v) is 7.16. The van der Waals surface area contributed by atoms with Gasteiger partial charge in [0.25, 0.3) is 5.91 Å². The van der Waals surface area contributed by atoms with Gasteiger partial charge in [0, 0.05) is 11.8 Å². The van der Waals surface area contributed by atoms with Crippen LogP contribution in [-0.2, 0) is 5.41 Å². The maximum absolute atomic E-state index is 12.3. The molecule has 3 rings (SSSR count). The summed E-state index contributed by atoms with van der Waals surface area (Å²) in [5.74, 6) is 0.312. The lowest BCUT2D eigenvalue weighted by Crippen LogP contribution is -2.14. The molecule has 0 fully saturated rings. The molecule has 0 bridgehead atoms. The first-order chi connectivity index (χ1) is 10.4. The third-order valence-corrected chi connectivity index (χ3v) is 3.49. The van der Waals surface area contributed by atoms with E-state index in [9.17, 15) is 4.79 Å². The minimum absolute atomic E-state index is 0.0717. The summed E-state index contributed by atoms with van der Waals surface area (Å²) in [6.45, 7) is 6.43. The number of hydrogen-bond donors (Lipinski definition) is 1. The molecule has 22 heavy (non-hydrogen) atoms. The highest BCUT2D eigenvalue weighted by atomic mass is 16.1. The third-order valence-electron chi connectivity index (χ3n) is 3.49. The van der Waals surface area contributed by atoms with Gasteiger partial charge in [-0.25, -0.2) is 9.50 Å². The molecule has 2 aromatic heterocycles. The molecule has 1 aromatic carbocycles. The third kappa shape index (κ3) is 2.83. The summed E-state index contributed by atoms with van der Waals surface area (Å²) < 4.78 is 1.62. The molecule has 0 saturated heterocycles. The quantitative estimate of drug-likeness (QED) is 0.789. The second-order valence-corrected chi connectivity index (χ2v) is 6.23. The second kappa shape index (κ2) is 5.26. The minimum atomic E-state index is -0.177. The van der Waals surface area contributed by atoms with Crippen LogP contribution < -0.4 is 5.32 Å². The van der Waals surface area contributed by atoms with Crippen LogP contribution in [-0.4, -0.2) is 20.5 Å². The highest BCUT2D eigenvalue weighted by molar-refractivity contribution is 6.03. The molecule has 0 aliphatic carbocycles. The number of carbonyl (C=O) groups excluding carboxylic acids is 1. The van der Waals surface area contributed by atoms with Crippen molar-refractivity contribution in [3.63, 3.8) is 0 Å². The first-order valence-electron chi connectivity index (χ1n) is 7.16. The van der Waals surface area contributed by atoms with Crippen LogP contribution in [0, 0.1) is 0 Å². The average molecular weight is 294 g/mol. The van der Waals surface area contributed by atoms with Crippen molar-refractivity contribution in [2.45, 2.75) is 26.2 Å². The summed E-state index contributed by atoms with van der Waals surface area (Å²) >= 11 is 0. The Morgan fingerprint density at radius 3 is 2.50 bits per heavy atom. The SMILES string of the molecule is CC(C)(C)c1ccc(C(=O)Nc2cn3ncccc3n2)cc1. The Morgan fingerprint density at radius 2 is 1.86 bits per heavy atom. The van der Waals surface area contributed by atoms with Crippen LogP contribution >= 0.6 is 0 Å². The van der Waals surface area contributed by atoms with Gasteiger partial charge in [-0.05, 0) is 35.2 Å². The number of carbonyl (C=O) groups is 1. The Balaban J connectivity index is 1.79. The molecule has 0 spiro atoms. The zero-order chi connectivity index (χ0) is 15.7. The zero-order valence-electron chi connectivity index (χ0n) is 12.9. The molecule has 0 unspecified atom stereocenters. The minimum Gasteiger partial charge on any atom is -0.305 e. The molecule has 0 aliphatic heterocycles. The van der Waals surface area contributed by atoms with Crippen molar-refractivity contribution >= 4 is 17.4 Å². The number of nitrogens with one attached hydrogen (secondary N) is 1. The van der Waals surface area contributed by atoms with Crippen LogP contribution in [0.2, 0.25) is 0 Å². The van der Waals surface area contributed by atoms with Crippen molar-refractivity contribution in [2.75, 3.05) is 5.32 Å². The standard InChI is InChI=1S/C17H18N4O/c1-17(2,3)13-8-6-12(7-9-13)16(22)20-14-11-21-15(19-14)5-4-10-18-21/h4-11H,1-3H3,(H,20,22). The van der Waals surface area contributed by atoms with Gasteiger partial charge in [-0.3, -0.25) is 4.79 Å². The molecule has 112 valence electrons. The van der Waals surface area contributed by atoms with E-state index in [1.165, 1.54) is 5.56 Å². The summed E-state index contributed by atoms with van der Waals surface area (Å²) in [6, 6.07) is 11.3. The van der Waals surface area contributed by atoms with E-state index >= 15 is 0 Å². The Hall–Kier alpha value is -2.69. The van der Waals surface area contributed by atoms with Crippen molar-refractivity contribution in [1.29, 1.82) is 0 Å². The smallest absolute Gasteiger partial charge is 0.256 e. The van der Waals surface area contributed by atoms with Crippen LogP contribution in [0.15, 0.2) is 48.8 Å². The number of imidazole rings is 1. The second-order valence-electron chi connectivity index (χ2n) is 6.23. The van der Waals surface area contributed by atoms with Crippen LogP contribution in [0.5, 0.6) is 0 Å². The zero-order valence-corrected chi connectivity index (χ0v) is 12.9. The van der Waals surface area contributed by atoms with Gasteiger partial charge in [0.05, 0.1) is 6.20 Å². The summed E-state index contributed by atoms with van der Waals surface area (Å²) in [4.78, 5) is 16.6. The predicted octanol–water partition coefficient (Wildman–Crippen LogP) is 3.28. The lowest BCUT2D eigenvalue weighted by atomic mass is 9.87. The normalized spacial score (nSPS) is 11.6. The molecule has 0 atom stereocenters. The van der Waals surface area contributed by atoms with E-state index in [0.717, 1.165) is 0 Å². The molecule has 3 aromatic rings. The average Bonchev–Trinajstić information content (AvgIpc) is 2.88. The number of fused-ring (bicyclic) bond motifs is 1. The van der Waals surface area contributed by atoms with Crippen molar-refractivity contribution in [3.8, 4) is 0 Å². The van der Waals surface area contributed by atoms with Gasteiger partial charge in [0.2, 0.25) is 0 Å². The van der Waals surface area contributed by atoms with Crippen molar-refractivity contribution in [3.05, 3.63) is 59.9 Å². The number of aromatic nitrogens is 3. The molecule has 0 saturated carbocycles. The van der Waals surface area contributed by atoms with E-state index in [0.29, 0.717) is 17.0 Å². The van der Waals surface area contributed by atoms with Crippen molar-refractivity contribution in [2.24, 2.45) is 0 Å². The Morgan fingerprint density at radius 1 is 1.14 bits per heavy atom. The number of amides is 1. The molecule has 5 heteroatoms. The fraction of sp³-hybridized carbons (Fsp3) is 0.235. The number of benzene rings is 1. The lowest BCUT2D eigenvalue weighted by Gasteiger charge is -2.18. The highest BCUT2D eigenvalue weighted by Gasteiger charge is 2.14. The largest absolute Gasteiger partial charge is 0.305 e. The molecule has 5 nitrogen and oxygen atoms in total. The fourth-order valence-electron chi connectivity index (χ4n) is 2.20. The van der Waals surface area contributed by atoms with Gasteiger partial charge in [0.1, 0.15) is 0 Å². The maximum atomic E-state index is 12.3. The number of rotatable bonds is 2. The van der Waals surface area contributed by atoms with E-state index in [1.54, 1.807) is 23.0 Å². The number of hydrogen-bond acceptors (Lipinski definition) is 3. The molecule has 0 radical (unpaired) electrons. The van der Waals surface area contributed by atoms with Crippen LogP contribution in [0.25, 0.3) is 5.65 Å². The van der Waals surface area contributed by atoms with E-state index in [4.69, 9.17) is 0 Å². The summed E-state index contributed by atoms with van der Waals surface area (Å²) in [6.07, 6.45) is 3.36. The van der Waals surface area contributed by atoms with E-state index < -0.39 is 0 Å². The molecule has 2 heterocycles. The van der Waals surface area contributed by atoms with Crippen LogP contribution in [0.1, 0.15) is 36.7 Å². The molecular weight excluding hydrogens is 276 g/mol. The van der Waals surface area contributed by atoms with E-state index in [2.05, 4.69) is 36.2 Å². The fourth-order valence-corrected chi connectivity index (χ4v) is 2.20.